The highest BCUT2D eigenvalue weighted by atomic mass is 79.9. The van der Waals surface area contributed by atoms with E-state index in [9.17, 15) is 9.59 Å². The van der Waals surface area contributed by atoms with E-state index in [1.54, 1.807) is 0 Å². The smallest absolute Gasteiger partial charge is 0.265 e. The zero-order valence-electron chi connectivity index (χ0n) is 17.5. The number of hydrogen-bond donors (Lipinski definition) is 1. The van der Waals surface area contributed by atoms with E-state index in [1.165, 1.54) is 21.3 Å². The van der Waals surface area contributed by atoms with Crippen LogP contribution >= 0.6 is 28.3 Å². The van der Waals surface area contributed by atoms with Gasteiger partial charge in [-0.1, -0.05) is 75.6 Å². The van der Waals surface area contributed by atoms with E-state index in [2.05, 4.69) is 15.9 Å². The molecule has 2 aromatic carbocycles. The molecule has 9 heteroatoms. The lowest BCUT2D eigenvalue weighted by molar-refractivity contribution is -0.164. The van der Waals surface area contributed by atoms with Gasteiger partial charge >= 0.3 is 0 Å². The van der Waals surface area contributed by atoms with Crippen molar-refractivity contribution in [2.45, 2.75) is 37.8 Å². The predicted molar refractivity (Wildman–Crippen MR) is 123 cm³/mol. The molecular weight excluding hydrogens is 486 g/mol. The Labute approximate surface area is 196 Å². The van der Waals surface area contributed by atoms with Crippen LogP contribution in [0.1, 0.15) is 22.3 Å². The molecule has 2 aliphatic heterocycles. The molecule has 7 nitrogen and oxygen atoms in total. The van der Waals surface area contributed by atoms with E-state index in [-0.39, 0.29) is 35.7 Å². The van der Waals surface area contributed by atoms with Crippen molar-refractivity contribution in [3.8, 4) is 0 Å². The van der Waals surface area contributed by atoms with Crippen LogP contribution in [0.2, 0.25) is 0 Å². The number of carbonyl (C=O) groups is 2. The summed E-state index contributed by atoms with van der Waals surface area (Å²) in [6.07, 6.45) is 0. The second-order valence-corrected chi connectivity index (χ2v) is 8.49. The summed E-state index contributed by atoms with van der Waals surface area (Å²) in [7, 11) is 0. The number of alkyl halides is 1. The third kappa shape index (κ3) is 7.02. The van der Waals surface area contributed by atoms with Crippen molar-refractivity contribution in [2.24, 2.45) is 5.73 Å². The lowest BCUT2D eigenvalue weighted by atomic mass is 10.1. The minimum Gasteiger partial charge on any atom is -0.318 e. The third-order valence-corrected chi connectivity index (χ3v) is 5.41. The molecule has 2 heterocycles. The van der Waals surface area contributed by atoms with Gasteiger partial charge in [0.25, 0.3) is 11.8 Å². The first-order chi connectivity index (χ1) is 14.3. The van der Waals surface area contributed by atoms with Crippen molar-refractivity contribution >= 4 is 40.2 Å². The van der Waals surface area contributed by atoms with E-state index < -0.39 is 6.04 Å². The third-order valence-electron chi connectivity index (χ3n) is 4.76. The fourth-order valence-electron chi connectivity index (χ4n) is 2.90. The van der Waals surface area contributed by atoms with Crippen molar-refractivity contribution < 1.29 is 19.3 Å². The molecule has 4 rings (SSSR count). The molecule has 1 unspecified atom stereocenters. The minimum atomic E-state index is -0.504. The number of rotatable bonds is 4. The maximum atomic E-state index is 11.5. The Kier molecular flexibility index (Phi) is 9.46. The van der Waals surface area contributed by atoms with E-state index >= 15 is 0 Å². The molecule has 2 fully saturated rings. The molecule has 0 saturated carbocycles. The zero-order chi connectivity index (χ0) is 21.7. The summed E-state index contributed by atoms with van der Waals surface area (Å²) in [4.78, 5) is 33.2. The molecule has 0 bridgehead atoms. The van der Waals surface area contributed by atoms with E-state index in [0.717, 1.165) is 11.1 Å². The van der Waals surface area contributed by atoms with Crippen LogP contribution in [-0.2, 0) is 32.4 Å². The van der Waals surface area contributed by atoms with Crippen LogP contribution in [0.4, 0.5) is 0 Å². The number of aryl methyl sites for hydroxylation is 2. The molecule has 2 amide bonds. The number of hydroxylamine groups is 4. The highest BCUT2D eigenvalue weighted by molar-refractivity contribution is 9.10. The van der Waals surface area contributed by atoms with Gasteiger partial charge in [0, 0.05) is 0 Å². The van der Waals surface area contributed by atoms with Crippen LogP contribution in [0.5, 0.6) is 0 Å². The zero-order valence-corrected chi connectivity index (χ0v) is 19.9. The Bertz CT molecular complexity index is 806. The van der Waals surface area contributed by atoms with Gasteiger partial charge in [-0.2, -0.15) is 0 Å². The van der Waals surface area contributed by atoms with Gasteiger partial charge in [-0.15, -0.1) is 12.4 Å². The molecule has 2 N–H and O–H groups in total. The molecule has 0 spiro atoms. The van der Waals surface area contributed by atoms with Crippen LogP contribution in [-0.4, -0.2) is 46.0 Å². The van der Waals surface area contributed by atoms with Crippen molar-refractivity contribution in [1.82, 2.24) is 10.1 Å². The summed E-state index contributed by atoms with van der Waals surface area (Å²) in [6, 6.07) is 15.6. The van der Waals surface area contributed by atoms with E-state index in [1.807, 2.05) is 62.4 Å². The van der Waals surface area contributed by atoms with Gasteiger partial charge in [-0.25, -0.2) is 10.1 Å². The Balaban J connectivity index is 0.000000213. The lowest BCUT2D eigenvalue weighted by Crippen LogP contribution is -2.34. The molecular formula is C22H27BrClN3O4. The summed E-state index contributed by atoms with van der Waals surface area (Å²) in [5.74, 6) is -0.147. The molecule has 2 aliphatic rings. The van der Waals surface area contributed by atoms with Crippen LogP contribution in [0.3, 0.4) is 0 Å². The van der Waals surface area contributed by atoms with Gasteiger partial charge in [0.05, 0.1) is 26.3 Å². The van der Waals surface area contributed by atoms with Crippen LogP contribution in [0, 0.1) is 13.8 Å². The Morgan fingerprint density at radius 3 is 1.61 bits per heavy atom. The monoisotopic (exact) mass is 511 g/mol. The summed E-state index contributed by atoms with van der Waals surface area (Å²) in [5, 5.41) is 2.74. The topological polar surface area (TPSA) is 85.1 Å². The molecule has 31 heavy (non-hydrogen) atoms. The van der Waals surface area contributed by atoms with E-state index in [0.29, 0.717) is 19.7 Å². The normalized spacial score (nSPS) is 20.4. The summed E-state index contributed by atoms with van der Waals surface area (Å²) < 4.78 is 0. The Hall–Kier alpha value is -1.97. The molecule has 2 aromatic rings. The first-order valence-corrected chi connectivity index (χ1v) is 10.6. The highest BCUT2D eigenvalue weighted by Gasteiger charge is 2.31. The fraction of sp³-hybridized carbons (Fsp3) is 0.364. The SMILES string of the molecule is Cc1ccc(CN2OCC(Br)C2=O)cc1.Cc1ccc(CN2OC[C@@H](N)C2=O)cc1.Cl. The van der Waals surface area contributed by atoms with Crippen LogP contribution in [0.15, 0.2) is 48.5 Å². The van der Waals surface area contributed by atoms with Crippen LogP contribution in [0.25, 0.3) is 0 Å². The van der Waals surface area contributed by atoms with Crippen molar-refractivity contribution in [3.63, 3.8) is 0 Å². The number of nitrogens with zero attached hydrogens (tertiary/aromatic N) is 2. The Morgan fingerprint density at radius 1 is 0.839 bits per heavy atom. The highest BCUT2D eigenvalue weighted by Crippen LogP contribution is 2.18. The number of hydrogen-bond acceptors (Lipinski definition) is 5. The quantitative estimate of drug-likeness (QED) is 0.637. The average Bonchev–Trinajstić information content (AvgIpc) is 3.22. The Morgan fingerprint density at radius 2 is 1.26 bits per heavy atom. The molecule has 0 aromatic heterocycles. The fourth-order valence-corrected chi connectivity index (χ4v) is 3.25. The van der Waals surface area contributed by atoms with Crippen molar-refractivity contribution in [1.29, 1.82) is 0 Å². The molecule has 2 atom stereocenters. The van der Waals surface area contributed by atoms with E-state index in [4.69, 9.17) is 15.4 Å². The number of nitrogens with two attached hydrogens (primary N) is 1. The first-order valence-electron chi connectivity index (χ1n) is 9.73. The standard InChI is InChI=1S/C11H12BrNO2.C11H14N2O2.ClH/c2*1-8-2-4-9(5-3-8)6-13-11(14)10(12)7-15-13;/h2-5,10H,6-7H2,1H3;2-5,10H,6-7,12H2,1H3;1H/t;10-;/m.1./s1. The van der Waals surface area contributed by atoms with Gasteiger partial charge in [0.15, 0.2) is 0 Å². The summed E-state index contributed by atoms with van der Waals surface area (Å²) in [6.45, 7) is 5.75. The van der Waals surface area contributed by atoms with Crippen molar-refractivity contribution in [2.75, 3.05) is 13.2 Å². The van der Waals surface area contributed by atoms with Crippen LogP contribution < -0.4 is 5.73 Å². The van der Waals surface area contributed by atoms with Gasteiger partial charge in [-0.05, 0) is 25.0 Å². The number of carbonyl (C=O) groups excluding carboxylic acids is 2. The lowest BCUT2D eigenvalue weighted by Gasteiger charge is -2.13. The summed E-state index contributed by atoms with van der Waals surface area (Å²) >= 11 is 3.25. The van der Waals surface area contributed by atoms with Crippen molar-refractivity contribution in [3.05, 3.63) is 70.8 Å². The van der Waals surface area contributed by atoms with Gasteiger partial charge < -0.3 is 5.73 Å². The largest absolute Gasteiger partial charge is 0.318 e. The van der Waals surface area contributed by atoms with Gasteiger partial charge in [-0.3, -0.25) is 19.3 Å². The maximum Gasteiger partial charge on any atom is 0.265 e. The maximum absolute atomic E-state index is 11.5. The second kappa shape index (κ2) is 11.6. The molecule has 0 aliphatic carbocycles. The average molecular weight is 513 g/mol. The number of halogens is 2. The predicted octanol–water partition coefficient (Wildman–Crippen LogP) is 3.05. The minimum absolute atomic E-state index is 0. The van der Waals surface area contributed by atoms with Gasteiger partial charge in [0.2, 0.25) is 0 Å². The first kappa shape index (κ1) is 25.3. The number of amides is 2. The number of benzene rings is 2. The second-order valence-electron chi connectivity index (χ2n) is 7.39. The van der Waals surface area contributed by atoms with Gasteiger partial charge in [0.1, 0.15) is 10.9 Å². The molecule has 0 radical (unpaired) electrons. The molecule has 168 valence electrons. The summed E-state index contributed by atoms with van der Waals surface area (Å²) in [5.41, 5.74) is 10.1. The molecule has 2 saturated heterocycles.